The number of H-pyrrole nitrogens is 1. The van der Waals surface area contributed by atoms with Crippen LogP contribution in [-0.4, -0.2) is 25.4 Å². The number of phenolic OH excluding ortho intramolecular Hbond substituents is 1. The van der Waals surface area contributed by atoms with Crippen molar-refractivity contribution in [3.63, 3.8) is 0 Å². The van der Waals surface area contributed by atoms with E-state index in [1.54, 1.807) is 6.07 Å². The van der Waals surface area contributed by atoms with Crippen molar-refractivity contribution in [2.45, 2.75) is 55.4 Å². The second-order valence-corrected chi connectivity index (χ2v) is 9.60. The third-order valence-corrected chi connectivity index (χ3v) is 4.59. The molecular formula is C23H33N3O2. The maximum atomic E-state index is 12.6. The van der Waals surface area contributed by atoms with Crippen molar-refractivity contribution in [1.29, 1.82) is 0 Å². The quantitative estimate of drug-likeness (QED) is 0.568. The summed E-state index contributed by atoms with van der Waals surface area (Å²) in [6, 6.07) is 5.61. The van der Waals surface area contributed by atoms with Gasteiger partial charge in [0.2, 0.25) is 0 Å². The van der Waals surface area contributed by atoms with Gasteiger partial charge in [0, 0.05) is 18.7 Å². The number of Topliss-reactive ketones (excluding diaryl/α,β-unsaturated/α-hetero) is 1. The van der Waals surface area contributed by atoms with Crippen molar-refractivity contribution >= 4 is 16.8 Å². The number of aromatic hydroxyl groups is 1. The Morgan fingerprint density at radius 3 is 2.39 bits per heavy atom. The van der Waals surface area contributed by atoms with E-state index in [0.29, 0.717) is 22.4 Å². The minimum atomic E-state index is -0.565. The zero-order valence-corrected chi connectivity index (χ0v) is 17.3. The molecule has 0 aliphatic carbocycles. The van der Waals surface area contributed by atoms with Gasteiger partial charge in [-0.15, -0.1) is 0 Å². The summed E-state index contributed by atoms with van der Waals surface area (Å²) in [6.45, 7) is 12.2. The highest BCUT2D eigenvalue weighted by Gasteiger charge is 2.27. The molecule has 2 N–H and O–H groups in total. The molecule has 0 unspecified atom stereocenters. The summed E-state index contributed by atoms with van der Waals surface area (Å²) < 4.78 is 2.04. The molecule has 0 radical (unpaired) electrons. The number of ketones is 1. The summed E-state index contributed by atoms with van der Waals surface area (Å²) in [7, 11) is 1.99. The van der Waals surface area contributed by atoms with Gasteiger partial charge in [-0.1, -0.05) is 49.0 Å². The summed E-state index contributed by atoms with van der Waals surface area (Å²) in [4.78, 5) is 20.5. The van der Waals surface area contributed by atoms with E-state index in [1.165, 1.54) is 5.56 Å². The maximum Gasteiger partial charge on any atom is 0.171 e. The average molecular weight is 384 g/mol. The highest BCUT2D eigenvalue weighted by atomic mass is 16.3. The van der Waals surface area contributed by atoms with Gasteiger partial charge in [-0.2, -0.15) is 0 Å². The van der Waals surface area contributed by atoms with Gasteiger partial charge in [0.05, 0.1) is 16.8 Å². The van der Waals surface area contributed by atoms with Crippen molar-refractivity contribution in [3.05, 3.63) is 35.5 Å². The minimum absolute atomic E-state index is 0. The lowest BCUT2D eigenvalue weighted by Crippen LogP contribution is -2.20. The number of carbonyl (C=O) groups excluding carboxylic acids is 1. The van der Waals surface area contributed by atoms with Gasteiger partial charge in [0.25, 0.3) is 0 Å². The number of carbonyl (C=O) groups is 1. The Labute approximate surface area is 167 Å². The second kappa shape index (κ2) is 7.12. The van der Waals surface area contributed by atoms with Crippen LogP contribution in [0.3, 0.4) is 0 Å². The van der Waals surface area contributed by atoms with Gasteiger partial charge in [-0.25, -0.2) is 4.98 Å². The highest BCUT2D eigenvalue weighted by Crippen LogP contribution is 2.34. The fraction of sp³-hybridized carbons (Fsp3) is 0.478. The molecule has 0 aliphatic heterocycles. The number of nitrogens with one attached hydrogen (secondary N) is 1. The first kappa shape index (κ1) is 21.7. The van der Waals surface area contributed by atoms with Crippen LogP contribution < -0.4 is 0 Å². The number of aromatic amines is 1. The molecule has 2 heterocycles. The van der Waals surface area contributed by atoms with E-state index in [-0.39, 0.29) is 24.4 Å². The normalized spacial score (nSPS) is 12.2. The second-order valence-electron chi connectivity index (χ2n) is 9.60. The average Bonchev–Trinajstić information content (AvgIpc) is 3.08. The Kier molecular flexibility index (Phi) is 5.52. The number of phenols is 1. The summed E-state index contributed by atoms with van der Waals surface area (Å²) in [5.41, 5.74) is 3.29. The van der Waals surface area contributed by atoms with Gasteiger partial charge in [0.15, 0.2) is 17.4 Å². The first-order valence-electron chi connectivity index (χ1n) is 9.29. The lowest BCUT2D eigenvalue weighted by Gasteiger charge is -2.17. The number of hydrogen-bond donors (Lipinski definition) is 2. The molecule has 0 spiro atoms. The standard InChI is InChI=1S/C22H29N3O2.CH4/c1-21(2,3)11-13-10-16(25(7)12-13)20-23-15-9-8-14(18(26)17(15)24-20)19(27)22(4,5)6;/h8-10,12,26H,11H2,1-7H3,(H,23,24);1H4. The van der Waals surface area contributed by atoms with Crippen LogP contribution in [0.5, 0.6) is 5.75 Å². The molecule has 0 bridgehead atoms. The predicted molar refractivity (Wildman–Crippen MR) is 116 cm³/mol. The number of rotatable bonds is 3. The molecule has 0 saturated carbocycles. The molecule has 0 saturated heterocycles. The first-order valence-corrected chi connectivity index (χ1v) is 9.29. The number of aromatic nitrogens is 3. The fourth-order valence-corrected chi connectivity index (χ4v) is 3.35. The molecule has 2 aromatic heterocycles. The number of imidazole rings is 1. The Morgan fingerprint density at radius 1 is 1.18 bits per heavy atom. The number of fused-ring (bicyclic) bond motifs is 1. The van der Waals surface area contributed by atoms with E-state index in [2.05, 4.69) is 43.0 Å². The largest absolute Gasteiger partial charge is 0.505 e. The van der Waals surface area contributed by atoms with E-state index in [4.69, 9.17) is 0 Å². The molecule has 5 nitrogen and oxygen atoms in total. The summed E-state index contributed by atoms with van der Waals surface area (Å²) in [5.74, 6) is 0.528. The van der Waals surface area contributed by atoms with E-state index < -0.39 is 5.41 Å². The van der Waals surface area contributed by atoms with E-state index in [9.17, 15) is 9.90 Å². The van der Waals surface area contributed by atoms with Crippen LogP contribution in [0.4, 0.5) is 0 Å². The summed E-state index contributed by atoms with van der Waals surface area (Å²) >= 11 is 0. The Hall–Kier alpha value is -2.56. The van der Waals surface area contributed by atoms with Crippen molar-refractivity contribution < 1.29 is 9.90 Å². The molecule has 0 aliphatic rings. The van der Waals surface area contributed by atoms with Crippen LogP contribution >= 0.6 is 0 Å². The van der Waals surface area contributed by atoms with E-state index >= 15 is 0 Å². The van der Waals surface area contributed by atoms with Crippen LogP contribution in [0.2, 0.25) is 0 Å². The van der Waals surface area contributed by atoms with Gasteiger partial charge in [-0.05, 0) is 35.6 Å². The monoisotopic (exact) mass is 383 g/mol. The zero-order chi connectivity index (χ0) is 20.1. The number of hydrogen-bond acceptors (Lipinski definition) is 3. The van der Waals surface area contributed by atoms with E-state index in [0.717, 1.165) is 12.1 Å². The van der Waals surface area contributed by atoms with E-state index in [1.807, 2.05) is 38.5 Å². The number of benzene rings is 1. The smallest absolute Gasteiger partial charge is 0.171 e. The van der Waals surface area contributed by atoms with Crippen molar-refractivity contribution in [3.8, 4) is 17.3 Å². The Morgan fingerprint density at radius 2 is 1.82 bits per heavy atom. The summed E-state index contributed by atoms with van der Waals surface area (Å²) in [6.07, 6.45) is 3.08. The third-order valence-electron chi connectivity index (χ3n) is 4.59. The molecule has 152 valence electrons. The van der Waals surface area contributed by atoms with Gasteiger partial charge < -0.3 is 14.7 Å². The molecular weight excluding hydrogens is 350 g/mol. The van der Waals surface area contributed by atoms with Crippen molar-refractivity contribution in [2.75, 3.05) is 0 Å². The van der Waals surface area contributed by atoms with Gasteiger partial charge in [0.1, 0.15) is 5.52 Å². The molecule has 0 atom stereocenters. The minimum Gasteiger partial charge on any atom is -0.505 e. The molecule has 0 fully saturated rings. The Bertz CT molecular complexity index is 1010. The number of aryl methyl sites for hydroxylation is 1. The molecule has 28 heavy (non-hydrogen) atoms. The van der Waals surface area contributed by atoms with Crippen LogP contribution in [0.25, 0.3) is 22.6 Å². The lowest BCUT2D eigenvalue weighted by molar-refractivity contribution is 0.0855. The third kappa shape index (κ3) is 4.13. The van der Waals surface area contributed by atoms with Crippen LogP contribution in [0.15, 0.2) is 24.4 Å². The molecule has 5 heteroatoms. The predicted octanol–water partition coefficient (Wildman–Crippen LogP) is 5.73. The molecule has 0 amide bonds. The molecule has 1 aromatic carbocycles. The SMILES string of the molecule is C.Cn1cc(CC(C)(C)C)cc1-c1nc2c(O)c(C(=O)C(C)(C)C)ccc2[nH]1. The topological polar surface area (TPSA) is 70.9 Å². The van der Waals surface area contributed by atoms with Gasteiger partial charge >= 0.3 is 0 Å². The lowest BCUT2D eigenvalue weighted by atomic mass is 9.86. The fourth-order valence-electron chi connectivity index (χ4n) is 3.35. The molecule has 3 aromatic rings. The molecule has 3 rings (SSSR count). The van der Waals surface area contributed by atoms with Crippen LogP contribution in [-0.2, 0) is 13.5 Å². The Balaban J connectivity index is 0.00000280. The van der Waals surface area contributed by atoms with Crippen LogP contribution in [0, 0.1) is 10.8 Å². The number of nitrogens with zero attached hydrogens (tertiary/aromatic N) is 2. The zero-order valence-electron chi connectivity index (χ0n) is 17.3. The first-order chi connectivity index (χ1) is 12.4. The van der Waals surface area contributed by atoms with Gasteiger partial charge in [-0.3, -0.25) is 4.79 Å². The summed E-state index contributed by atoms with van der Waals surface area (Å²) in [5, 5.41) is 10.7. The van der Waals surface area contributed by atoms with Crippen molar-refractivity contribution in [1.82, 2.24) is 14.5 Å². The maximum absolute atomic E-state index is 12.6. The van der Waals surface area contributed by atoms with Crippen LogP contribution in [0.1, 0.15) is 64.9 Å². The highest BCUT2D eigenvalue weighted by molar-refractivity contribution is 6.06. The van der Waals surface area contributed by atoms with Crippen molar-refractivity contribution in [2.24, 2.45) is 17.9 Å².